The van der Waals surface area contributed by atoms with E-state index < -0.39 is 0 Å². The van der Waals surface area contributed by atoms with Crippen LogP contribution in [0.4, 0.5) is 11.6 Å². The van der Waals surface area contributed by atoms with Crippen molar-refractivity contribution in [1.29, 1.82) is 0 Å². The van der Waals surface area contributed by atoms with E-state index in [1.807, 2.05) is 7.05 Å². The lowest BCUT2D eigenvalue weighted by atomic mass is 9.75. The molecule has 0 amide bonds. The average Bonchev–Trinajstić information content (AvgIpc) is 2.47. The molecule has 0 spiro atoms. The third-order valence-electron chi connectivity index (χ3n) is 4.74. The summed E-state index contributed by atoms with van der Waals surface area (Å²) in [6.45, 7) is 2.14. The Morgan fingerprint density at radius 1 is 1.15 bits per heavy atom. The van der Waals surface area contributed by atoms with E-state index in [0.29, 0.717) is 15.9 Å². The highest BCUT2D eigenvalue weighted by Gasteiger charge is 2.32. The number of anilines is 2. The molecule has 2 aliphatic rings. The van der Waals surface area contributed by atoms with Crippen molar-refractivity contribution >= 4 is 34.8 Å². The van der Waals surface area contributed by atoms with Crippen molar-refractivity contribution in [2.24, 2.45) is 11.8 Å². The van der Waals surface area contributed by atoms with Crippen molar-refractivity contribution in [1.82, 2.24) is 4.98 Å². The van der Waals surface area contributed by atoms with Crippen LogP contribution in [0.25, 0.3) is 0 Å². The van der Waals surface area contributed by atoms with Gasteiger partial charge in [-0.1, -0.05) is 42.5 Å². The van der Waals surface area contributed by atoms with Crippen molar-refractivity contribution < 1.29 is 0 Å². The van der Waals surface area contributed by atoms with Gasteiger partial charge in [0.05, 0.1) is 10.0 Å². The van der Waals surface area contributed by atoms with Crippen molar-refractivity contribution in [3.63, 3.8) is 0 Å². The molecule has 0 aromatic carbocycles. The minimum atomic E-state index is 0.578. The Kier molecular flexibility index (Phi) is 4.27. The van der Waals surface area contributed by atoms with Crippen LogP contribution in [-0.2, 0) is 0 Å². The van der Waals surface area contributed by atoms with E-state index in [1.54, 1.807) is 6.07 Å². The van der Waals surface area contributed by atoms with Crippen LogP contribution in [-0.4, -0.2) is 25.1 Å². The molecule has 0 bridgehead atoms. The third kappa shape index (κ3) is 2.71. The highest BCUT2D eigenvalue weighted by Crippen LogP contribution is 2.39. The second kappa shape index (κ2) is 5.98. The van der Waals surface area contributed by atoms with Crippen molar-refractivity contribution in [3.8, 4) is 0 Å². The first-order valence-corrected chi connectivity index (χ1v) is 8.23. The molecular weight excluding hydrogens is 293 g/mol. The molecule has 1 aromatic rings. The van der Waals surface area contributed by atoms with Gasteiger partial charge in [-0.2, -0.15) is 0 Å². The maximum absolute atomic E-state index is 6.35. The zero-order chi connectivity index (χ0) is 14.1. The molecule has 2 unspecified atom stereocenters. The number of aromatic nitrogens is 1. The molecule has 1 saturated heterocycles. The van der Waals surface area contributed by atoms with E-state index in [4.69, 9.17) is 23.2 Å². The van der Waals surface area contributed by atoms with E-state index >= 15 is 0 Å². The summed E-state index contributed by atoms with van der Waals surface area (Å²) in [6.07, 6.45) is 6.80. The summed E-state index contributed by atoms with van der Waals surface area (Å²) in [6, 6.07) is 1.80. The lowest BCUT2D eigenvalue weighted by Crippen LogP contribution is -2.42. The molecule has 110 valence electrons. The molecule has 5 heteroatoms. The normalized spacial score (nSPS) is 26.2. The van der Waals surface area contributed by atoms with Crippen molar-refractivity contribution in [3.05, 3.63) is 16.1 Å². The fourth-order valence-corrected chi connectivity index (χ4v) is 4.22. The largest absolute Gasteiger partial charge is 0.372 e. The number of rotatable bonds is 2. The summed E-state index contributed by atoms with van der Waals surface area (Å²) in [7, 11) is 1.83. The van der Waals surface area contributed by atoms with E-state index in [-0.39, 0.29) is 0 Å². The van der Waals surface area contributed by atoms with Gasteiger partial charge < -0.3 is 10.2 Å². The van der Waals surface area contributed by atoms with Crippen LogP contribution >= 0.6 is 23.2 Å². The summed E-state index contributed by atoms with van der Waals surface area (Å²) in [5.74, 6) is 3.31. The SMILES string of the molecule is CNc1nc(N2CCC3CCCCC3C2)c(Cl)cc1Cl. The van der Waals surface area contributed by atoms with E-state index in [2.05, 4.69) is 15.2 Å². The van der Waals surface area contributed by atoms with Crippen LogP contribution in [0.3, 0.4) is 0 Å². The number of hydrogen-bond acceptors (Lipinski definition) is 3. The van der Waals surface area contributed by atoms with Gasteiger partial charge in [0.1, 0.15) is 11.6 Å². The monoisotopic (exact) mass is 313 g/mol. The molecule has 1 saturated carbocycles. The maximum Gasteiger partial charge on any atom is 0.149 e. The summed E-state index contributed by atoms with van der Waals surface area (Å²) >= 11 is 12.5. The van der Waals surface area contributed by atoms with Gasteiger partial charge in [0.25, 0.3) is 0 Å². The fourth-order valence-electron chi connectivity index (χ4n) is 3.65. The van der Waals surface area contributed by atoms with E-state index in [1.165, 1.54) is 32.1 Å². The predicted molar refractivity (Wildman–Crippen MR) is 86.1 cm³/mol. The second-order valence-electron chi connectivity index (χ2n) is 5.91. The molecule has 2 atom stereocenters. The highest BCUT2D eigenvalue weighted by atomic mass is 35.5. The number of fused-ring (bicyclic) bond motifs is 1. The number of piperidine rings is 1. The van der Waals surface area contributed by atoms with Gasteiger partial charge in [-0.15, -0.1) is 0 Å². The van der Waals surface area contributed by atoms with Crippen LogP contribution in [0.15, 0.2) is 6.07 Å². The van der Waals surface area contributed by atoms with Crippen LogP contribution in [0, 0.1) is 11.8 Å². The number of hydrogen-bond donors (Lipinski definition) is 1. The average molecular weight is 314 g/mol. The number of pyridine rings is 1. The quantitative estimate of drug-likeness (QED) is 0.874. The molecule has 3 rings (SSSR count). The molecule has 1 aliphatic carbocycles. The van der Waals surface area contributed by atoms with Gasteiger partial charge in [0.15, 0.2) is 0 Å². The number of halogens is 2. The molecule has 20 heavy (non-hydrogen) atoms. The van der Waals surface area contributed by atoms with Gasteiger partial charge >= 0.3 is 0 Å². The summed E-state index contributed by atoms with van der Waals surface area (Å²) < 4.78 is 0. The second-order valence-corrected chi connectivity index (χ2v) is 6.73. The Bertz CT molecular complexity index is 492. The Morgan fingerprint density at radius 2 is 1.90 bits per heavy atom. The van der Waals surface area contributed by atoms with Gasteiger partial charge in [-0.3, -0.25) is 0 Å². The molecule has 3 nitrogen and oxygen atoms in total. The molecule has 2 heterocycles. The zero-order valence-corrected chi connectivity index (χ0v) is 13.3. The topological polar surface area (TPSA) is 28.2 Å². The van der Waals surface area contributed by atoms with Gasteiger partial charge in [-0.25, -0.2) is 4.98 Å². The highest BCUT2D eigenvalue weighted by molar-refractivity contribution is 6.37. The molecule has 1 aromatic heterocycles. The van der Waals surface area contributed by atoms with E-state index in [0.717, 1.165) is 30.7 Å². The number of nitrogens with one attached hydrogen (secondary N) is 1. The Hall–Kier alpha value is -0.670. The van der Waals surface area contributed by atoms with Crippen molar-refractivity contribution in [2.45, 2.75) is 32.1 Å². The summed E-state index contributed by atoms with van der Waals surface area (Å²) in [5, 5.41) is 4.26. The predicted octanol–water partition coefficient (Wildman–Crippen LogP) is 4.45. The van der Waals surface area contributed by atoms with Gasteiger partial charge in [0, 0.05) is 20.1 Å². The lowest BCUT2D eigenvalue weighted by molar-refractivity contribution is 0.202. The van der Waals surface area contributed by atoms with Crippen LogP contribution in [0.2, 0.25) is 10.0 Å². The molecule has 1 N–H and O–H groups in total. The minimum absolute atomic E-state index is 0.578. The lowest BCUT2D eigenvalue weighted by Gasteiger charge is -2.42. The smallest absolute Gasteiger partial charge is 0.149 e. The first kappa shape index (κ1) is 14.3. The zero-order valence-electron chi connectivity index (χ0n) is 11.8. The maximum atomic E-state index is 6.35. The van der Waals surface area contributed by atoms with Gasteiger partial charge in [0.2, 0.25) is 0 Å². The van der Waals surface area contributed by atoms with E-state index in [9.17, 15) is 0 Å². The van der Waals surface area contributed by atoms with Crippen LogP contribution in [0.5, 0.6) is 0 Å². The Morgan fingerprint density at radius 3 is 2.65 bits per heavy atom. The summed E-state index contributed by atoms with van der Waals surface area (Å²) in [5.41, 5.74) is 0. The first-order valence-electron chi connectivity index (χ1n) is 7.47. The van der Waals surface area contributed by atoms with Crippen LogP contribution in [0.1, 0.15) is 32.1 Å². The Balaban J connectivity index is 1.82. The molecule has 2 fully saturated rings. The first-order chi connectivity index (χ1) is 9.69. The molecular formula is C15H21Cl2N3. The van der Waals surface area contributed by atoms with Crippen molar-refractivity contribution in [2.75, 3.05) is 30.4 Å². The molecule has 0 radical (unpaired) electrons. The Labute approximate surface area is 130 Å². The summed E-state index contributed by atoms with van der Waals surface area (Å²) in [4.78, 5) is 6.94. The fraction of sp³-hybridized carbons (Fsp3) is 0.667. The standard InChI is InChI=1S/C15H21Cl2N3/c1-18-14-12(16)8-13(17)15(19-14)20-7-6-10-4-2-3-5-11(10)9-20/h8,10-11H,2-7,9H2,1H3,(H,18,19). The minimum Gasteiger partial charge on any atom is -0.372 e. The van der Waals surface area contributed by atoms with Crippen LogP contribution < -0.4 is 10.2 Å². The third-order valence-corrected chi connectivity index (χ3v) is 5.30. The molecule has 1 aliphatic heterocycles. The van der Waals surface area contributed by atoms with Gasteiger partial charge in [-0.05, 0) is 30.7 Å². The number of nitrogens with zero attached hydrogens (tertiary/aromatic N) is 2.